The van der Waals surface area contributed by atoms with Gasteiger partial charge in [-0.1, -0.05) is 5.16 Å². The second-order valence-electron chi connectivity index (χ2n) is 4.45. The van der Waals surface area contributed by atoms with Crippen molar-refractivity contribution in [1.82, 2.24) is 20.4 Å². The molecular weight excluding hydrogens is 208 g/mol. The number of nitrogens with zero attached hydrogens (tertiary/aromatic N) is 3. The number of aliphatic hydroxyl groups is 1. The van der Waals surface area contributed by atoms with Gasteiger partial charge in [0, 0.05) is 19.5 Å². The van der Waals surface area contributed by atoms with E-state index in [1.54, 1.807) is 0 Å². The van der Waals surface area contributed by atoms with Crippen LogP contribution in [0.15, 0.2) is 4.52 Å². The first-order valence-electron chi connectivity index (χ1n) is 5.54. The molecule has 1 fully saturated rings. The molecule has 2 atom stereocenters. The number of rotatable bonds is 4. The largest absolute Gasteiger partial charge is 0.392 e. The lowest BCUT2D eigenvalue weighted by Gasteiger charge is -2.05. The van der Waals surface area contributed by atoms with E-state index in [0.29, 0.717) is 18.9 Å². The summed E-state index contributed by atoms with van der Waals surface area (Å²) in [5.41, 5.74) is 0. The number of aliphatic hydroxyl groups excluding tert-OH is 1. The maximum atomic E-state index is 9.38. The van der Waals surface area contributed by atoms with E-state index in [1.165, 1.54) is 0 Å². The van der Waals surface area contributed by atoms with Crippen molar-refractivity contribution in [3.8, 4) is 0 Å². The van der Waals surface area contributed by atoms with Crippen molar-refractivity contribution in [3.63, 3.8) is 0 Å². The van der Waals surface area contributed by atoms with Gasteiger partial charge in [0.05, 0.1) is 12.1 Å². The Bertz CT molecular complexity index is 339. The zero-order chi connectivity index (χ0) is 11.5. The van der Waals surface area contributed by atoms with E-state index < -0.39 is 0 Å². The van der Waals surface area contributed by atoms with Crippen molar-refractivity contribution in [2.75, 3.05) is 27.2 Å². The predicted octanol–water partition coefficient (Wildman–Crippen LogP) is -0.431. The van der Waals surface area contributed by atoms with Gasteiger partial charge in [0.25, 0.3) is 0 Å². The second kappa shape index (κ2) is 4.90. The first kappa shape index (κ1) is 11.5. The molecule has 6 nitrogen and oxygen atoms in total. The lowest BCUT2D eigenvalue weighted by atomic mass is 10.2. The molecule has 1 aliphatic heterocycles. The van der Waals surface area contributed by atoms with Gasteiger partial charge in [0.2, 0.25) is 5.89 Å². The Balaban J connectivity index is 1.91. The molecule has 0 aliphatic carbocycles. The first-order chi connectivity index (χ1) is 7.65. The third-order valence-corrected chi connectivity index (χ3v) is 2.67. The Morgan fingerprint density at radius 3 is 3.00 bits per heavy atom. The van der Waals surface area contributed by atoms with Gasteiger partial charge in [0.15, 0.2) is 5.82 Å². The van der Waals surface area contributed by atoms with E-state index in [9.17, 15) is 5.11 Å². The molecule has 2 rings (SSSR count). The van der Waals surface area contributed by atoms with E-state index in [4.69, 9.17) is 4.52 Å². The molecule has 1 aromatic rings. The summed E-state index contributed by atoms with van der Waals surface area (Å²) in [6.45, 7) is 1.50. The van der Waals surface area contributed by atoms with E-state index in [0.717, 1.165) is 18.8 Å². The van der Waals surface area contributed by atoms with Gasteiger partial charge >= 0.3 is 0 Å². The highest BCUT2D eigenvalue weighted by Crippen LogP contribution is 2.21. The van der Waals surface area contributed by atoms with Crippen LogP contribution in [0.2, 0.25) is 0 Å². The van der Waals surface area contributed by atoms with Crippen LogP contribution in [0.5, 0.6) is 0 Å². The van der Waals surface area contributed by atoms with Crippen LogP contribution in [-0.4, -0.2) is 53.4 Å². The monoisotopic (exact) mass is 226 g/mol. The summed E-state index contributed by atoms with van der Waals surface area (Å²) in [7, 11) is 4.02. The summed E-state index contributed by atoms with van der Waals surface area (Å²) in [5.74, 6) is 1.32. The molecule has 0 aromatic carbocycles. The average Bonchev–Trinajstić information content (AvgIpc) is 2.83. The van der Waals surface area contributed by atoms with Crippen LogP contribution in [0.3, 0.4) is 0 Å². The van der Waals surface area contributed by atoms with Crippen LogP contribution in [-0.2, 0) is 6.42 Å². The molecule has 0 amide bonds. The molecule has 0 radical (unpaired) electrons. The maximum absolute atomic E-state index is 9.38. The number of hydrogen-bond donors (Lipinski definition) is 2. The van der Waals surface area contributed by atoms with Crippen molar-refractivity contribution < 1.29 is 9.63 Å². The minimum atomic E-state index is -0.304. The van der Waals surface area contributed by atoms with E-state index in [2.05, 4.69) is 20.4 Å². The summed E-state index contributed by atoms with van der Waals surface area (Å²) in [5, 5.41) is 16.5. The Hall–Kier alpha value is -0.980. The van der Waals surface area contributed by atoms with E-state index in [1.807, 2.05) is 14.1 Å². The standard InChI is InChI=1S/C10H18N4O2/c1-14(2)4-3-9-12-10(16-13-9)8-5-7(15)6-11-8/h7-8,11,15H,3-6H2,1-2H3. The average molecular weight is 226 g/mol. The van der Waals surface area contributed by atoms with Crippen LogP contribution in [0.25, 0.3) is 0 Å². The molecule has 1 aromatic heterocycles. The molecule has 0 spiro atoms. The van der Waals surface area contributed by atoms with Gasteiger partial charge in [-0.05, 0) is 20.5 Å². The molecule has 1 saturated heterocycles. The number of likely N-dealkylation sites (N-methyl/N-ethyl adjacent to an activating group) is 1. The molecule has 0 bridgehead atoms. The number of hydrogen-bond acceptors (Lipinski definition) is 6. The highest BCUT2D eigenvalue weighted by atomic mass is 16.5. The lowest BCUT2D eigenvalue weighted by Crippen LogP contribution is -2.16. The summed E-state index contributed by atoms with van der Waals surface area (Å²) in [6, 6.07) is 0.00982. The molecule has 0 saturated carbocycles. The fourth-order valence-corrected chi connectivity index (χ4v) is 1.74. The van der Waals surface area contributed by atoms with Crippen LogP contribution in [0, 0.1) is 0 Å². The zero-order valence-corrected chi connectivity index (χ0v) is 9.68. The van der Waals surface area contributed by atoms with Crippen molar-refractivity contribution in [3.05, 3.63) is 11.7 Å². The molecule has 2 heterocycles. The fraction of sp³-hybridized carbons (Fsp3) is 0.800. The van der Waals surface area contributed by atoms with Crippen molar-refractivity contribution in [2.24, 2.45) is 0 Å². The molecular formula is C10H18N4O2. The first-order valence-corrected chi connectivity index (χ1v) is 5.54. The highest BCUT2D eigenvalue weighted by molar-refractivity contribution is 4.97. The third kappa shape index (κ3) is 2.78. The summed E-state index contributed by atoms with van der Waals surface area (Å²) in [4.78, 5) is 6.40. The van der Waals surface area contributed by atoms with Crippen molar-refractivity contribution >= 4 is 0 Å². The van der Waals surface area contributed by atoms with Gasteiger partial charge in [-0.15, -0.1) is 0 Å². The minimum absolute atomic E-state index is 0.00982. The molecule has 2 unspecified atom stereocenters. The van der Waals surface area contributed by atoms with Crippen LogP contribution in [0.1, 0.15) is 24.2 Å². The van der Waals surface area contributed by atoms with Gasteiger partial charge in [-0.25, -0.2) is 0 Å². The Labute approximate surface area is 94.6 Å². The van der Waals surface area contributed by atoms with Crippen molar-refractivity contribution in [1.29, 1.82) is 0 Å². The SMILES string of the molecule is CN(C)CCc1noc(C2CC(O)CN2)n1. The number of nitrogens with one attached hydrogen (secondary N) is 1. The second-order valence-corrected chi connectivity index (χ2v) is 4.45. The summed E-state index contributed by atoms with van der Waals surface area (Å²) in [6.07, 6.45) is 1.13. The maximum Gasteiger partial charge on any atom is 0.243 e. The minimum Gasteiger partial charge on any atom is -0.392 e. The Kier molecular flexibility index (Phi) is 3.52. The van der Waals surface area contributed by atoms with E-state index >= 15 is 0 Å². The summed E-state index contributed by atoms with van der Waals surface area (Å²) < 4.78 is 5.18. The molecule has 90 valence electrons. The molecule has 6 heteroatoms. The number of β-amino-alcohol motifs (C(OH)–C–C–N with tert-alkyl or cyclic N) is 1. The van der Waals surface area contributed by atoms with Gasteiger partial charge in [-0.2, -0.15) is 4.98 Å². The molecule has 1 aliphatic rings. The quantitative estimate of drug-likeness (QED) is 0.725. The third-order valence-electron chi connectivity index (χ3n) is 2.67. The fourth-order valence-electron chi connectivity index (χ4n) is 1.74. The van der Waals surface area contributed by atoms with Gasteiger partial charge < -0.3 is 19.8 Å². The summed E-state index contributed by atoms with van der Waals surface area (Å²) >= 11 is 0. The van der Waals surface area contributed by atoms with Crippen LogP contribution >= 0.6 is 0 Å². The van der Waals surface area contributed by atoms with E-state index in [-0.39, 0.29) is 12.1 Å². The Morgan fingerprint density at radius 2 is 2.38 bits per heavy atom. The zero-order valence-electron chi connectivity index (χ0n) is 9.68. The topological polar surface area (TPSA) is 74.4 Å². The predicted molar refractivity (Wildman–Crippen MR) is 57.9 cm³/mol. The molecule has 2 N–H and O–H groups in total. The van der Waals surface area contributed by atoms with Crippen LogP contribution < -0.4 is 5.32 Å². The van der Waals surface area contributed by atoms with Gasteiger partial charge in [0.1, 0.15) is 0 Å². The highest BCUT2D eigenvalue weighted by Gasteiger charge is 2.27. The van der Waals surface area contributed by atoms with Crippen molar-refractivity contribution in [2.45, 2.75) is 25.0 Å². The molecule has 16 heavy (non-hydrogen) atoms. The number of aromatic nitrogens is 2. The van der Waals surface area contributed by atoms with Gasteiger partial charge in [-0.3, -0.25) is 0 Å². The Morgan fingerprint density at radius 1 is 1.56 bits per heavy atom. The van der Waals surface area contributed by atoms with Crippen LogP contribution in [0.4, 0.5) is 0 Å². The lowest BCUT2D eigenvalue weighted by molar-refractivity contribution is 0.191. The normalized spacial score (nSPS) is 25.5. The smallest absolute Gasteiger partial charge is 0.243 e.